The lowest BCUT2D eigenvalue weighted by Crippen LogP contribution is -2.27. The van der Waals surface area contributed by atoms with Crippen LogP contribution in [0.25, 0.3) is 0 Å². The van der Waals surface area contributed by atoms with Crippen LogP contribution in [0, 0.1) is 0 Å². The first-order valence-electron chi connectivity index (χ1n) is 5.52. The normalized spacial score (nSPS) is 15.9. The zero-order valence-corrected chi connectivity index (χ0v) is 10.7. The van der Waals surface area contributed by atoms with Crippen molar-refractivity contribution in [1.29, 1.82) is 0 Å². The molecule has 1 fully saturated rings. The molecule has 0 aromatic carbocycles. The van der Waals surface area contributed by atoms with Crippen LogP contribution in [0.2, 0.25) is 0 Å². The van der Waals surface area contributed by atoms with Crippen LogP contribution in [0.3, 0.4) is 0 Å². The lowest BCUT2D eigenvalue weighted by Gasteiger charge is -2.19. The third-order valence-corrected chi connectivity index (χ3v) is 3.34. The summed E-state index contributed by atoms with van der Waals surface area (Å²) >= 11 is 1.71. The van der Waals surface area contributed by atoms with E-state index in [1.54, 1.807) is 11.3 Å². The monoisotopic (exact) mass is 239 g/mol. The highest BCUT2D eigenvalue weighted by atomic mass is 32.1. The fraction of sp³-hybridized carbons (Fsp3) is 0.583. The summed E-state index contributed by atoms with van der Waals surface area (Å²) < 4.78 is 5.18. The van der Waals surface area contributed by atoms with E-state index in [1.807, 2.05) is 32.2 Å². The van der Waals surface area contributed by atoms with E-state index in [-0.39, 0.29) is 6.09 Å². The van der Waals surface area contributed by atoms with Crippen molar-refractivity contribution in [3.05, 3.63) is 16.3 Å². The van der Waals surface area contributed by atoms with Gasteiger partial charge in [0.05, 0.1) is 5.69 Å². The van der Waals surface area contributed by atoms with Crippen molar-refractivity contribution in [2.45, 2.75) is 45.1 Å². The standard InChI is InChI=1S/C12H17NO2S/c1-12(2,3)15-11(14)13-9-6-10(16-7-9)8-4-5-8/h6-8H,4-5H2,1-3H3,(H,13,14). The van der Waals surface area contributed by atoms with Crippen LogP contribution >= 0.6 is 11.3 Å². The molecule has 1 aliphatic rings. The minimum absolute atomic E-state index is 0.382. The zero-order chi connectivity index (χ0) is 11.8. The molecule has 1 heterocycles. The molecule has 1 aromatic rings. The van der Waals surface area contributed by atoms with E-state index < -0.39 is 5.60 Å². The molecule has 0 saturated heterocycles. The first-order valence-corrected chi connectivity index (χ1v) is 6.40. The lowest BCUT2D eigenvalue weighted by molar-refractivity contribution is 0.0636. The van der Waals surface area contributed by atoms with Gasteiger partial charge in [-0.3, -0.25) is 5.32 Å². The van der Waals surface area contributed by atoms with Crippen molar-refractivity contribution < 1.29 is 9.53 Å². The predicted octanol–water partition coefficient (Wildman–Crippen LogP) is 3.97. The van der Waals surface area contributed by atoms with Gasteiger partial charge in [0.25, 0.3) is 0 Å². The second-order valence-corrected chi connectivity index (χ2v) is 6.08. The van der Waals surface area contributed by atoms with Crippen molar-refractivity contribution >= 4 is 23.1 Å². The number of carbonyl (C=O) groups is 1. The van der Waals surface area contributed by atoms with Crippen LogP contribution in [0.4, 0.5) is 10.5 Å². The van der Waals surface area contributed by atoms with Crippen molar-refractivity contribution in [3.63, 3.8) is 0 Å². The molecule has 0 atom stereocenters. The number of carbonyl (C=O) groups excluding carboxylic acids is 1. The van der Waals surface area contributed by atoms with E-state index in [0.717, 1.165) is 11.6 Å². The van der Waals surface area contributed by atoms with Gasteiger partial charge in [0.2, 0.25) is 0 Å². The highest BCUT2D eigenvalue weighted by molar-refractivity contribution is 7.10. The van der Waals surface area contributed by atoms with Gasteiger partial charge in [-0.25, -0.2) is 4.79 Å². The van der Waals surface area contributed by atoms with Gasteiger partial charge in [-0.1, -0.05) is 0 Å². The molecule has 2 rings (SSSR count). The molecule has 1 aromatic heterocycles. The molecule has 0 unspecified atom stereocenters. The summed E-state index contributed by atoms with van der Waals surface area (Å²) in [5.41, 5.74) is 0.403. The Balaban J connectivity index is 1.90. The SMILES string of the molecule is CC(C)(C)OC(=O)Nc1csc(C2CC2)c1. The van der Waals surface area contributed by atoms with Gasteiger partial charge in [0.1, 0.15) is 5.60 Å². The van der Waals surface area contributed by atoms with Gasteiger partial charge in [-0.2, -0.15) is 0 Å². The molecule has 16 heavy (non-hydrogen) atoms. The van der Waals surface area contributed by atoms with Crippen LogP contribution in [0.1, 0.15) is 44.4 Å². The van der Waals surface area contributed by atoms with Crippen molar-refractivity contribution in [2.24, 2.45) is 0 Å². The quantitative estimate of drug-likeness (QED) is 0.848. The summed E-state index contributed by atoms with van der Waals surface area (Å²) in [6.07, 6.45) is 2.19. The fourth-order valence-electron chi connectivity index (χ4n) is 1.42. The molecule has 4 heteroatoms. The second kappa shape index (κ2) is 4.09. The van der Waals surface area contributed by atoms with Gasteiger partial charge < -0.3 is 4.74 Å². The topological polar surface area (TPSA) is 38.3 Å². The summed E-state index contributed by atoms with van der Waals surface area (Å²) in [7, 11) is 0. The number of rotatable bonds is 2. The highest BCUT2D eigenvalue weighted by Crippen LogP contribution is 2.43. The summed E-state index contributed by atoms with van der Waals surface area (Å²) in [5.74, 6) is 0.735. The molecule has 3 nitrogen and oxygen atoms in total. The molecule has 0 radical (unpaired) electrons. The van der Waals surface area contributed by atoms with Crippen molar-refractivity contribution in [3.8, 4) is 0 Å². The Morgan fingerprint density at radius 2 is 2.19 bits per heavy atom. The van der Waals surface area contributed by atoms with Crippen LogP contribution < -0.4 is 5.32 Å². The van der Waals surface area contributed by atoms with Gasteiger partial charge in [-0.05, 0) is 45.6 Å². The summed E-state index contributed by atoms with van der Waals surface area (Å²) in [5, 5.41) is 4.72. The molecule has 88 valence electrons. The maximum Gasteiger partial charge on any atom is 0.412 e. The van der Waals surface area contributed by atoms with Crippen LogP contribution in [-0.2, 0) is 4.74 Å². The third kappa shape index (κ3) is 3.23. The molecule has 1 amide bonds. The summed E-state index contributed by atoms with van der Waals surface area (Å²) in [6, 6.07) is 2.05. The second-order valence-electron chi connectivity index (χ2n) is 5.14. The smallest absolute Gasteiger partial charge is 0.412 e. The maximum absolute atomic E-state index is 11.5. The van der Waals surface area contributed by atoms with Crippen LogP contribution in [0.15, 0.2) is 11.4 Å². The largest absolute Gasteiger partial charge is 0.444 e. The molecule has 1 saturated carbocycles. The van der Waals surface area contributed by atoms with Crippen molar-refractivity contribution in [1.82, 2.24) is 0 Å². The Morgan fingerprint density at radius 1 is 1.50 bits per heavy atom. The number of ether oxygens (including phenoxy) is 1. The minimum atomic E-state index is -0.445. The molecular formula is C12H17NO2S. The lowest BCUT2D eigenvalue weighted by atomic mass is 10.2. The predicted molar refractivity (Wildman–Crippen MR) is 66.2 cm³/mol. The fourth-order valence-corrected chi connectivity index (χ4v) is 2.43. The number of amides is 1. The minimum Gasteiger partial charge on any atom is -0.444 e. The van der Waals surface area contributed by atoms with E-state index >= 15 is 0 Å². The van der Waals surface area contributed by atoms with E-state index in [0.29, 0.717) is 0 Å². The molecule has 0 aliphatic heterocycles. The van der Waals surface area contributed by atoms with Gasteiger partial charge in [-0.15, -0.1) is 11.3 Å². The first kappa shape index (κ1) is 11.5. The van der Waals surface area contributed by atoms with E-state index in [1.165, 1.54) is 17.7 Å². The summed E-state index contributed by atoms with van der Waals surface area (Å²) in [6.45, 7) is 5.57. The molecule has 0 bridgehead atoms. The molecular weight excluding hydrogens is 222 g/mol. The highest BCUT2D eigenvalue weighted by Gasteiger charge is 2.25. The van der Waals surface area contributed by atoms with Gasteiger partial charge in [0, 0.05) is 10.3 Å². The number of thiophene rings is 1. The van der Waals surface area contributed by atoms with Gasteiger partial charge >= 0.3 is 6.09 Å². The Labute approximate surface area is 99.8 Å². The van der Waals surface area contributed by atoms with Crippen LogP contribution in [0.5, 0.6) is 0 Å². The number of hydrogen-bond donors (Lipinski definition) is 1. The molecule has 1 aliphatic carbocycles. The van der Waals surface area contributed by atoms with E-state index in [9.17, 15) is 4.79 Å². The maximum atomic E-state index is 11.5. The Morgan fingerprint density at radius 3 is 2.75 bits per heavy atom. The van der Waals surface area contributed by atoms with Gasteiger partial charge in [0.15, 0.2) is 0 Å². The Hall–Kier alpha value is -1.03. The molecule has 0 spiro atoms. The average Bonchev–Trinajstić information content (AvgIpc) is 2.85. The van der Waals surface area contributed by atoms with Crippen LogP contribution in [-0.4, -0.2) is 11.7 Å². The van der Waals surface area contributed by atoms with Crippen molar-refractivity contribution in [2.75, 3.05) is 5.32 Å². The van der Waals surface area contributed by atoms with E-state index in [4.69, 9.17) is 4.74 Å². The number of nitrogens with one attached hydrogen (secondary N) is 1. The number of anilines is 1. The number of hydrogen-bond acceptors (Lipinski definition) is 3. The molecule has 1 N–H and O–H groups in total. The van der Waals surface area contributed by atoms with E-state index in [2.05, 4.69) is 5.32 Å². The Bertz CT molecular complexity index is 388. The zero-order valence-electron chi connectivity index (χ0n) is 9.87. The Kier molecular flexibility index (Phi) is 2.93. The third-order valence-electron chi connectivity index (χ3n) is 2.24. The summed E-state index contributed by atoms with van der Waals surface area (Å²) in [4.78, 5) is 12.9. The first-order chi connectivity index (χ1) is 7.44. The average molecular weight is 239 g/mol.